The lowest BCUT2D eigenvalue weighted by atomic mass is 10.0. The predicted octanol–water partition coefficient (Wildman–Crippen LogP) is 1.90. The van der Waals surface area contributed by atoms with Crippen molar-refractivity contribution < 1.29 is 9.90 Å². The number of hydrogen-bond donors (Lipinski definition) is 3. The van der Waals surface area contributed by atoms with E-state index in [0.717, 1.165) is 50.1 Å². The SMILES string of the molecule is CN(CC1(O)CCCC1)C(=O)c1ccc2c(c1)NCCN2. The van der Waals surface area contributed by atoms with Crippen LogP contribution in [-0.4, -0.2) is 48.2 Å². The highest BCUT2D eigenvalue weighted by atomic mass is 16.3. The summed E-state index contributed by atoms with van der Waals surface area (Å²) in [6, 6.07) is 5.67. The van der Waals surface area contributed by atoms with Crippen molar-refractivity contribution in [2.75, 3.05) is 37.3 Å². The van der Waals surface area contributed by atoms with E-state index in [1.165, 1.54) is 0 Å². The van der Waals surface area contributed by atoms with Crippen LogP contribution in [0, 0.1) is 0 Å². The molecule has 0 atom stereocenters. The molecule has 1 amide bonds. The van der Waals surface area contributed by atoms with E-state index in [2.05, 4.69) is 10.6 Å². The molecule has 114 valence electrons. The largest absolute Gasteiger partial charge is 0.388 e. The lowest BCUT2D eigenvalue weighted by molar-refractivity contribution is 0.0157. The summed E-state index contributed by atoms with van der Waals surface area (Å²) in [5, 5.41) is 17.0. The van der Waals surface area contributed by atoms with E-state index in [-0.39, 0.29) is 5.91 Å². The molecule has 1 aliphatic heterocycles. The van der Waals surface area contributed by atoms with Crippen LogP contribution in [0.3, 0.4) is 0 Å². The second-order valence-corrected chi connectivity index (χ2v) is 6.21. The Labute approximate surface area is 125 Å². The van der Waals surface area contributed by atoms with Crippen molar-refractivity contribution in [3.63, 3.8) is 0 Å². The third-order valence-electron chi connectivity index (χ3n) is 4.43. The molecule has 0 unspecified atom stereocenters. The number of hydrogen-bond acceptors (Lipinski definition) is 4. The van der Waals surface area contributed by atoms with Gasteiger partial charge in [-0.05, 0) is 31.0 Å². The van der Waals surface area contributed by atoms with Gasteiger partial charge in [0.2, 0.25) is 0 Å². The van der Waals surface area contributed by atoms with Crippen LogP contribution >= 0.6 is 0 Å². The highest BCUT2D eigenvalue weighted by Crippen LogP contribution is 2.31. The highest BCUT2D eigenvalue weighted by molar-refractivity contribution is 5.96. The van der Waals surface area contributed by atoms with E-state index in [9.17, 15) is 9.90 Å². The van der Waals surface area contributed by atoms with Crippen LogP contribution in [0.25, 0.3) is 0 Å². The van der Waals surface area contributed by atoms with E-state index in [1.54, 1.807) is 11.9 Å². The first-order valence-corrected chi connectivity index (χ1v) is 7.67. The van der Waals surface area contributed by atoms with Gasteiger partial charge in [-0.25, -0.2) is 0 Å². The number of fused-ring (bicyclic) bond motifs is 1. The fourth-order valence-corrected chi connectivity index (χ4v) is 3.30. The van der Waals surface area contributed by atoms with Crippen molar-refractivity contribution in [1.29, 1.82) is 0 Å². The smallest absolute Gasteiger partial charge is 0.253 e. The Kier molecular flexibility index (Phi) is 3.76. The van der Waals surface area contributed by atoms with E-state index >= 15 is 0 Å². The molecule has 0 spiro atoms. The van der Waals surface area contributed by atoms with Gasteiger partial charge in [0.05, 0.1) is 17.0 Å². The average molecular weight is 289 g/mol. The molecule has 1 saturated carbocycles. The van der Waals surface area contributed by atoms with Crippen LogP contribution < -0.4 is 10.6 Å². The van der Waals surface area contributed by atoms with E-state index < -0.39 is 5.60 Å². The summed E-state index contributed by atoms with van der Waals surface area (Å²) in [6.07, 6.45) is 3.68. The second-order valence-electron chi connectivity index (χ2n) is 6.21. The zero-order valence-corrected chi connectivity index (χ0v) is 12.5. The number of rotatable bonds is 3. The number of likely N-dealkylation sites (N-methyl/N-ethyl adjacent to an activating group) is 1. The monoisotopic (exact) mass is 289 g/mol. The highest BCUT2D eigenvalue weighted by Gasteiger charge is 2.33. The maximum absolute atomic E-state index is 12.5. The summed E-state index contributed by atoms with van der Waals surface area (Å²) >= 11 is 0. The molecule has 1 heterocycles. The predicted molar refractivity (Wildman–Crippen MR) is 83.8 cm³/mol. The molecule has 21 heavy (non-hydrogen) atoms. The summed E-state index contributed by atoms with van der Waals surface area (Å²) in [4.78, 5) is 14.2. The summed E-state index contributed by atoms with van der Waals surface area (Å²) in [7, 11) is 1.77. The molecule has 2 aliphatic rings. The Morgan fingerprint density at radius 1 is 1.24 bits per heavy atom. The van der Waals surface area contributed by atoms with Crippen molar-refractivity contribution in [3.05, 3.63) is 23.8 Å². The molecule has 1 aliphatic carbocycles. The van der Waals surface area contributed by atoms with Gasteiger partial charge in [-0.15, -0.1) is 0 Å². The molecular formula is C16H23N3O2. The van der Waals surface area contributed by atoms with Crippen LogP contribution in [0.15, 0.2) is 18.2 Å². The number of amides is 1. The van der Waals surface area contributed by atoms with Gasteiger partial charge in [0.1, 0.15) is 0 Å². The minimum atomic E-state index is -0.696. The standard InChI is InChI=1S/C16H23N3O2/c1-19(11-16(21)6-2-3-7-16)15(20)12-4-5-13-14(10-12)18-9-8-17-13/h4-5,10,17-18,21H,2-3,6-9,11H2,1H3. The lowest BCUT2D eigenvalue weighted by Gasteiger charge is -2.29. The van der Waals surface area contributed by atoms with Gasteiger partial charge >= 0.3 is 0 Å². The van der Waals surface area contributed by atoms with Gasteiger partial charge < -0.3 is 20.6 Å². The Balaban J connectivity index is 1.72. The first kappa shape index (κ1) is 14.2. The van der Waals surface area contributed by atoms with E-state index in [1.807, 2.05) is 18.2 Å². The molecular weight excluding hydrogens is 266 g/mol. The van der Waals surface area contributed by atoms with Gasteiger partial charge in [-0.3, -0.25) is 4.79 Å². The zero-order chi connectivity index (χ0) is 14.9. The van der Waals surface area contributed by atoms with Gasteiger partial charge in [0.25, 0.3) is 5.91 Å². The van der Waals surface area contributed by atoms with Crippen LogP contribution in [0.1, 0.15) is 36.0 Å². The Bertz CT molecular complexity index is 538. The topological polar surface area (TPSA) is 64.6 Å². The molecule has 3 N–H and O–H groups in total. The van der Waals surface area contributed by atoms with Crippen molar-refractivity contribution in [3.8, 4) is 0 Å². The zero-order valence-electron chi connectivity index (χ0n) is 12.5. The van der Waals surface area contributed by atoms with Gasteiger partial charge in [0.15, 0.2) is 0 Å². The minimum absolute atomic E-state index is 0.0366. The molecule has 5 nitrogen and oxygen atoms in total. The second kappa shape index (κ2) is 5.56. The summed E-state index contributed by atoms with van der Waals surface area (Å²) in [6.45, 7) is 2.17. The lowest BCUT2D eigenvalue weighted by Crippen LogP contribution is -2.42. The van der Waals surface area contributed by atoms with Crippen molar-refractivity contribution in [2.24, 2.45) is 0 Å². The van der Waals surface area contributed by atoms with Gasteiger partial charge in [-0.2, -0.15) is 0 Å². The summed E-state index contributed by atoms with van der Waals surface area (Å²) in [5.41, 5.74) is 1.97. The molecule has 0 radical (unpaired) electrons. The average Bonchev–Trinajstić information content (AvgIpc) is 2.92. The summed E-state index contributed by atoms with van der Waals surface area (Å²) < 4.78 is 0. The number of carbonyl (C=O) groups is 1. The number of benzene rings is 1. The maximum Gasteiger partial charge on any atom is 0.253 e. The first-order valence-electron chi connectivity index (χ1n) is 7.67. The summed E-state index contributed by atoms with van der Waals surface area (Å²) in [5.74, 6) is -0.0366. The third-order valence-corrected chi connectivity index (χ3v) is 4.43. The molecule has 5 heteroatoms. The van der Waals surface area contributed by atoms with Crippen molar-refractivity contribution in [1.82, 2.24) is 4.90 Å². The van der Waals surface area contributed by atoms with Crippen LogP contribution in [0.4, 0.5) is 11.4 Å². The van der Waals surface area contributed by atoms with Crippen LogP contribution in [-0.2, 0) is 0 Å². The Hall–Kier alpha value is -1.75. The number of carbonyl (C=O) groups excluding carboxylic acids is 1. The fourth-order valence-electron chi connectivity index (χ4n) is 3.30. The van der Waals surface area contributed by atoms with Crippen molar-refractivity contribution in [2.45, 2.75) is 31.3 Å². The molecule has 0 saturated heterocycles. The molecule has 0 aromatic heterocycles. The Morgan fingerprint density at radius 2 is 1.90 bits per heavy atom. The van der Waals surface area contributed by atoms with E-state index in [0.29, 0.717) is 12.1 Å². The third kappa shape index (κ3) is 2.97. The van der Waals surface area contributed by atoms with Gasteiger partial charge in [0, 0.05) is 32.2 Å². The van der Waals surface area contributed by atoms with Gasteiger partial charge in [-0.1, -0.05) is 12.8 Å². The number of nitrogens with one attached hydrogen (secondary N) is 2. The molecule has 1 aromatic carbocycles. The van der Waals surface area contributed by atoms with E-state index in [4.69, 9.17) is 0 Å². The Morgan fingerprint density at radius 3 is 2.62 bits per heavy atom. The maximum atomic E-state index is 12.5. The van der Waals surface area contributed by atoms with Crippen molar-refractivity contribution >= 4 is 17.3 Å². The van der Waals surface area contributed by atoms with Crippen LogP contribution in [0.2, 0.25) is 0 Å². The fraction of sp³-hybridized carbons (Fsp3) is 0.562. The number of anilines is 2. The first-order chi connectivity index (χ1) is 10.1. The van der Waals surface area contributed by atoms with Crippen LogP contribution in [0.5, 0.6) is 0 Å². The minimum Gasteiger partial charge on any atom is -0.388 e. The molecule has 3 rings (SSSR count). The molecule has 1 aromatic rings. The normalized spacial score (nSPS) is 19.3. The quantitative estimate of drug-likeness (QED) is 0.795. The molecule has 0 bridgehead atoms. The number of nitrogens with zero attached hydrogens (tertiary/aromatic N) is 1. The number of aliphatic hydroxyl groups is 1. The molecule has 1 fully saturated rings.